The van der Waals surface area contributed by atoms with Crippen LogP contribution in [0.4, 0.5) is 0 Å². The number of benzene rings is 3. The maximum absolute atomic E-state index is 6.48. The summed E-state index contributed by atoms with van der Waals surface area (Å²) in [5, 5.41) is 1.92. The smallest absolute Gasteiger partial charge is 0.184 e. The van der Waals surface area contributed by atoms with E-state index < -0.39 is 37.2 Å². The van der Waals surface area contributed by atoms with Gasteiger partial charge in [0.2, 0.25) is 0 Å². The molecule has 3 saturated heterocycles. The molecule has 36 heavy (non-hydrogen) atoms. The van der Waals surface area contributed by atoms with E-state index in [0.29, 0.717) is 15.1 Å². The third-order valence-corrected chi connectivity index (χ3v) is 7.22. The number of rotatable bonds is 3. The molecule has 6 nitrogen and oxygen atoms in total. The monoisotopic (exact) mass is 548 g/mol. The summed E-state index contributed by atoms with van der Waals surface area (Å²) >= 11 is 18.2. The third kappa shape index (κ3) is 5.16. The molecule has 0 bridgehead atoms. The standard InChI is InChI=1S/C27H23Cl3O6/c28-18-7-1-15(2-8-18)25-31-14-22-24(36-27(34-22)17-5-11-20(30)12-6-17)23-21(33-25)13-32-26(35-23)16-3-9-19(29)10-4-16/h1-12,21-27H,13-14H2/t21-,22+,23-,24-,25?,26?,27?/m1/s1. The lowest BCUT2D eigenvalue weighted by Crippen LogP contribution is -2.54. The molecule has 3 heterocycles. The second-order valence-corrected chi connectivity index (χ2v) is 10.2. The molecule has 0 N–H and O–H groups in total. The van der Waals surface area contributed by atoms with E-state index >= 15 is 0 Å². The Balaban J connectivity index is 1.29. The second-order valence-electron chi connectivity index (χ2n) is 8.87. The van der Waals surface area contributed by atoms with Gasteiger partial charge in [-0.2, -0.15) is 0 Å². The topological polar surface area (TPSA) is 55.4 Å². The fraction of sp³-hybridized carbons (Fsp3) is 0.333. The van der Waals surface area contributed by atoms with Crippen molar-refractivity contribution in [2.24, 2.45) is 0 Å². The van der Waals surface area contributed by atoms with Gasteiger partial charge in [0, 0.05) is 31.8 Å². The molecule has 3 aliphatic rings. The molecule has 3 aromatic rings. The molecule has 6 rings (SSSR count). The van der Waals surface area contributed by atoms with Crippen LogP contribution in [0.5, 0.6) is 0 Å². The van der Waals surface area contributed by atoms with Gasteiger partial charge >= 0.3 is 0 Å². The van der Waals surface area contributed by atoms with Crippen molar-refractivity contribution < 1.29 is 28.4 Å². The van der Waals surface area contributed by atoms with Crippen LogP contribution in [0.15, 0.2) is 72.8 Å². The summed E-state index contributed by atoms with van der Waals surface area (Å²) in [6.45, 7) is 0.532. The molecule has 0 aromatic heterocycles. The minimum Gasteiger partial charge on any atom is -0.346 e. The Morgan fingerprint density at radius 3 is 1.22 bits per heavy atom. The third-order valence-electron chi connectivity index (χ3n) is 6.47. The van der Waals surface area contributed by atoms with Crippen LogP contribution in [0.2, 0.25) is 15.1 Å². The highest BCUT2D eigenvalue weighted by molar-refractivity contribution is 6.31. The molecule has 0 amide bonds. The summed E-state index contributed by atoms with van der Waals surface area (Å²) in [7, 11) is 0. The van der Waals surface area contributed by atoms with Crippen molar-refractivity contribution in [3.63, 3.8) is 0 Å². The van der Waals surface area contributed by atoms with Gasteiger partial charge in [-0.25, -0.2) is 0 Å². The van der Waals surface area contributed by atoms with Crippen LogP contribution in [-0.2, 0) is 28.4 Å². The molecule has 0 aliphatic carbocycles. The SMILES string of the molecule is Clc1ccc(C2OC[C@H]3OC(c4ccc(Cl)cc4)OC[C@@H]4OC(c5ccc(Cl)cc5)O[C@H]4[C@@H]3O2)cc1. The lowest BCUT2D eigenvalue weighted by atomic mass is 10.0. The number of halogens is 3. The lowest BCUT2D eigenvalue weighted by Gasteiger charge is -2.42. The summed E-state index contributed by atoms with van der Waals surface area (Å²) in [6.07, 6.45) is -3.60. The molecule has 9 heteroatoms. The molecule has 3 unspecified atom stereocenters. The molecule has 3 aliphatic heterocycles. The van der Waals surface area contributed by atoms with Crippen molar-refractivity contribution in [1.82, 2.24) is 0 Å². The largest absolute Gasteiger partial charge is 0.346 e. The molecule has 0 saturated carbocycles. The highest BCUT2D eigenvalue weighted by Crippen LogP contribution is 2.42. The first-order valence-corrected chi connectivity index (χ1v) is 12.8. The maximum atomic E-state index is 6.48. The highest BCUT2D eigenvalue weighted by Gasteiger charge is 2.50. The summed E-state index contributed by atoms with van der Waals surface area (Å²) in [5.41, 5.74) is 2.55. The summed E-state index contributed by atoms with van der Waals surface area (Å²) in [5.74, 6) is 0. The zero-order valence-corrected chi connectivity index (χ0v) is 21.2. The number of hydrogen-bond acceptors (Lipinski definition) is 6. The van der Waals surface area contributed by atoms with E-state index in [0.717, 1.165) is 16.7 Å². The van der Waals surface area contributed by atoms with Crippen LogP contribution < -0.4 is 0 Å². The molecule has 7 atom stereocenters. The Hall–Kier alpha value is -1.71. The van der Waals surface area contributed by atoms with Crippen LogP contribution in [0.3, 0.4) is 0 Å². The van der Waals surface area contributed by atoms with Gasteiger partial charge in [-0.1, -0.05) is 71.2 Å². The average Bonchev–Trinajstić information content (AvgIpc) is 3.30. The number of fused-ring (bicyclic) bond motifs is 3. The molecule has 3 aromatic carbocycles. The van der Waals surface area contributed by atoms with Gasteiger partial charge in [0.25, 0.3) is 0 Å². The van der Waals surface area contributed by atoms with E-state index in [1.54, 1.807) is 12.1 Å². The number of hydrogen-bond donors (Lipinski definition) is 0. The number of ether oxygens (including phenoxy) is 6. The van der Waals surface area contributed by atoms with Crippen LogP contribution in [0.1, 0.15) is 35.6 Å². The van der Waals surface area contributed by atoms with Crippen LogP contribution in [-0.4, -0.2) is 37.6 Å². The average molecular weight is 550 g/mol. The van der Waals surface area contributed by atoms with Gasteiger partial charge in [-0.05, 0) is 36.4 Å². The summed E-state index contributed by atoms with van der Waals surface area (Å²) < 4.78 is 37.9. The Morgan fingerprint density at radius 1 is 0.444 bits per heavy atom. The predicted molar refractivity (Wildman–Crippen MR) is 134 cm³/mol. The highest BCUT2D eigenvalue weighted by atomic mass is 35.5. The van der Waals surface area contributed by atoms with Crippen molar-refractivity contribution in [3.8, 4) is 0 Å². The van der Waals surface area contributed by atoms with Crippen LogP contribution in [0, 0.1) is 0 Å². The summed E-state index contributed by atoms with van der Waals surface area (Å²) in [4.78, 5) is 0. The minimum atomic E-state index is -0.645. The zero-order chi connectivity index (χ0) is 24.6. The van der Waals surface area contributed by atoms with E-state index in [4.69, 9.17) is 63.2 Å². The molecule has 0 radical (unpaired) electrons. The van der Waals surface area contributed by atoms with Crippen molar-refractivity contribution >= 4 is 34.8 Å². The van der Waals surface area contributed by atoms with Gasteiger partial charge in [-0.15, -0.1) is 0 Å². The molecular formula is C27H23Cl3O6. The Bertz CT molecular complexity index is 1130. The first-order chi connectivity index (χ1) is 17.5. The summed E-state index contributed by atoms with van der Waals surface area (Å²) in [6, 6.07) is 22.2. The Labute approximate surface area is 223 Å². The van der Waals surface area contributed by atoms with Gasteiger partial charge < -0.3 is 28.4 Å². The van der Waals surface area contributed by atoms with Gasteiger partial charge in [-0.3, -0.25) is 0 Å². The van der Waals surface area contributed by atoms with Crippen molar-refractivity contribution in [2.45, 2.75) is 43.3 Å². The minimum absolute atomic E-state index is 0.251. The Morgan fingerprint density at radius 2 is 0.778 bits per heavy atom. The van der Waals surface area contributed by atoms with E-state index in [9.17, 15) is 0 Å². The van der Waals surface area contributed by atoms with Crippen LogP contribution >= 0.6 is 34.8 Å². The molecule has 0 spiro atoms. The molecule has 3 fully saturated rings. The zero-order valence-electron chi connectivity index (χ0n) is 19.0. The van der Waals surface area contributed by atoms with E-state index in [-0.39, 0.29) is 19.3 Å². The van der Waals surface area contributed by atoms with Gasteiger partial charge in [0.15, 0.2) is 18.9 Å². The van der Waals surface area contributed by atoms with Gasteiger partial charge in [0.05, 0.1) is 13.2 Å². The van der Waals surface area contributed by atoms with Crippen LogP contribution in [0.25, 0.3) is 0 Å². The first kappa shape index (κ1) is 24.6. The van der Waals surface area contributed by atoms with Crippen molar-refractivity contribution in [3.05, 3.63) is 105 Å². The predicted octanol–water partition coefficient (Wildman–Crippen LogP) is 6.66. The molecular weight excluding hydrogens is 527 g/mol. The van der Waals surface area contributed by atoms with E-state index in [2.05, 4.69) is 0 Å². The molecule has 188 valence electrons. The normalized spacial score (nSPS) is 32.2. The fourth-order valence-electron chi connectivity index (χ4n) is 4.62. The second kappa shape index (κ2) is 10.6. The van der Waals surface area contributed by atoms with Gasteiger partial charge in [0.1, 0.15) is 24.4 Å². The van der Waals surface area contributed by atoms with E-state index in [1.807, 2.05) is 60.7 Å². The first-order valence-electron chi connectivity index (χ1n) is 11.6. The lowest BCUT2D eigenvalue weighted by molar-refractivity contribution is -0.324. The maximum Gasteiger partial charge on any atom is 0.184 e. The van der Waals surface area contributed by atoms with E-state index in [1.165, 1.54) is 0 Å². The quantitative estimate of drug-likeness (QED) is 0.364. The fourth-order valence-corrected chi connectivity index (χ4v) is 5.00. The van der Waals surface area contributed by atoms with Crippen molar-refractivity contribution in [1.29, 1.82) is 0 Å². The van der Waals surface area contributed by atoms with Crippen molar-refractivity contribution in [2.75, 3.05) is 13.2 Å². The Kier molecular flexibility index (Phi) is 7.23.